The van der Waals surface area contributed by atoms with Crippen molar-refractivity contribution in [3.8, 4) is 0 Å². The summed E-state index contributed by atoms with van der Waals surface area (Å²) >= 11 is 0. The molecule has 4 heteroatoms. The van der Waals surface area contributed by atoms with Crippen molar-refractivity contribution in [2.24, 2.45) is 0 Å². The van der Waals surface area contributed by atoms with Crippen molar-refractivity contribution < 1.29 is 0 Å². The van der Waals surface area contributed by atoms with E-state index in [1.54, 1.807) is 12.4 Å². The Bertz CT molecular complexity index is 334. The van der Waals surface area contributed by atoms with E-state index >= 15 is 0 Å². The van der Waals surface area contributed by atoms with Crippen molar-refractivity contribution in [3.05, 3.63) is 48.6 Å². The largest absolute Gasteiger partial charge is 0.265 e. The summed E-state index contributed by atoms with van der Waals surface area (Å²) in [5, 5.41) is 0. The molecule has 0 spiro atoms. The first kappa shape index (κ1) is 8.74. The summed E-state index contributed by atoms with van der Waals surface area (Å²) in [4.78, 5) is 15.8. The van der Waals surface area contributed by atoms with Crippen LogP contribution < -0.4 is 0 Å². The molecule has 0 atom stereocenters. The molecule has 70 valence electrons. The fourth-order valence-electron chi connectivity index (χ4n) is 1.20. The van der Waals surface area contributed by atoms with Gasteiger partial charge in [-0.05, 0) is 24.1 Å². The van der Waals surface area contributed by atoms with Gasteiger partial charge >= 0.3 is 0 Å². The van der Waals surface area contributed by atoms with Crippen molar-refractivity contribution in [1.82, 2.24) is 19.9 Å². The van der Waals surface area contributed by atoms with Gasteiger partial charge in [0.25, 0.3) is 0 Å². The second kappa shape index (κ2) is 4.41. The maximum absolute atomic E-state index is 4.06. The monoisotopic (exact) mass is 186 g/mol. The van der Waals surface area contributed by atoms with Crippen LogP contribution in [0.25, 0.3) is 0 Å². The highest BCUT2D eigenvalue weighted by molar-refractivity contribution is 5.10. The van der Waals surface area contributed by atoms with Gasteiger partial charge in [-0.1, -0.05) is 0 Å². The van der Waals surface area contributed by atoms with Crippen LogP contribution in [0.15, 0.2) is 37.2 Å². The lowest BCUT2D eigenvalue weighted by Gasteiger charge is -1.98. The number of nitrogens with zero attached hydrogens (tertiary/aromatic N) is 4. The van der Waals surface area contributed by atoms with E-state index in [0.29, 0.717) is 0 Å². The van der Waals surface area contributed by atoms with Crippen LogP contribution in [0, 0.1) is 0 Å². The van der Waals surface area contributed by atoms with Gasteiger partial charge in [0.1, 0.15) is 18.5 Å². The first-order valence-electron chi connectivity index (χ1n) is 4.45. The molecular formula is C10H10N4. The van der Waals surface area contributed by atoms with Crippen LogP contribution in [0.4, 0.5) is 0 Å². The minimum Gasteiger partial charge on any atom is -0.265 e. The van der Waals surface area contributed by atoms with Crippen LogP contribution >= 0.6 is 0 Å². The Balaban J connectivity index is 1.96. The Morgan fingerprint density at radius 3 is 2.29 bits per heavy atom. The molecule has 2 aromatic rings. The first-order valence-corrected chi connectivity index (χ1v) is 4.45. The summed E-state index contributed by atoms with van der Waals surface area (Å²) in [5.41, 5.74) is 1.25. The van der Waals surface area contributed by atoms with Crippen LogP contribution in [0.1, 0.15) is 11.4 Å². The molecule has 0 aromatic carbocycles. The summed E-state index contributed by atoms with van der Waals surface area (Å²) in [5.74, 6) is 0.830. The summed E-state index contributed by atoms with van der Waals surface area (Å²) in [6.45, 7) is 0. The van der Waals surface area contributed by atoms with Crippen LogP contribution in [0.5, 0.6) is 0 Å². The van der Waals surface area contributed by atoms with E-state index in [-0.39, 0.29) is 0 Å². The minimum absolute atomic E-state index is 0.830. The fraction of sp³-hybridized carbons (Fsp3) is 0.200. The third-order valence-electron chi connectivity index (χ3n) is 1.93. The quantitative estimate of drug-likeness (QED) is 0.719. The maximum Gasteiger partial charge on any atom is 0.132 e. The van der Waals surface area contributed by atoms with Gasteiger partial charge in [0.15, 0.2) is 0 Å². The van der Waals surface area contributed by atoms with E-state index in [2.05, 4.69) is 19.9 Å². The maximum atomic E-state index is 4.06. The molecule has 14 heavy (non-hydrogen) atoms. The van der Waals surface area contributed by atoms with Gasteiger partial charge in [0.05, 0.1) is 0 Å². The van der Waals surface area contributed by atoms with E-state index in [0.717, 1.165) is 18.7 Å². The number of rotatable bonds is 3. The van der Waals surface area contributed by atoms with Gasteiger partial charge in [-0.15, -0.1) is 0 Å². The molecular weight excluding hydrogens is 176 g/mol. The molecule has 0 aliphatic heterocycles. The van der Waals surface area contributed by atoms with E-state index < -0.39 is 0 Å². The smallest absolute Gasteiger partial charge is 0.132 e. The molecule has 0 bridgehead atoms. The second-order valence-electron chi connectivity index (χ2n) is 2.91. The third-order valence-corrected chi connectivity index (χ3v) is 1.93. The average Bonchev–Trinajstić information content (AvgIpc) is 2.29. The topological polar surface area (TPSA) is 51.6 Å². The molecule has 2 aromatic heterocycles. The summed E-state index contributed by atoms with van der Waals surface area (Å²) in [6, 6.07) is 4.00. The van der Waals surface area contributed by atoms with Crippen LogP contribution in [-0.2, 0) is 12.8 Å². The third kappa shape index (κ3) is 2.32. The molecule has 0 amide bonds. The molecule has 0 saturated carbocycles. The lowest BCUT2D eigenvalue weighted by Crippen LogP contribution is -1.97. The predicted octanol–water partition coefficient (Wildman–Crippen LogP) is 1.05. The van der Waals surface area contributed by atoms with Crippen molar-refractivity contribution in [1.29, 1.82) is 0 Å². The van der Waals surface area contributed by atoms with E-state index in [1.807, 2.05) is 12.1 Å². The van der Waals surface area contributed by atoms with E-state index in [9.17, 15) is 0 Å². The fourth-order valence-corrected chi connectivity index (χ4v) is 1.20. The Kier molecular flexibility index (Phi) is 2.76. The number of pyridine rings is 1. The highest BCUT2D eigenvalue weighted by atomic mass is 15.0. The standard InChI is InChI=1S/C10H10N4/c1(9-3-5-11-6-4-9)2-10-13-7-12-8-14-10/h3-8H,1-2H2. The Morgan fingerprint density at radius 2 is 1.57 bits per heavy atom. The van der Waals surface area contributed by atoms with Gasteiger partial charge in [0.2, 0.25) is 0 Å². The minimum atomic E-state index is 0.830. The molecule has 0 saturated heterocycles. The van der Waals surface area contributed by atoms with Gasteiger partial charge in [-0.3, -0.25) is 4.98 Å². The lowest BCUT2D eigenvalue weighted by atomic mass is 10.1. The highest BCUT2D eigenvalue weighted by Crippen LogP contribution is 2.01. The normalized spacial score (nSPS) is 10.0. The summed E-state index contributed by atoms with van der Waals surface area (Å²) in [6.07, 6.45) is 8.41. The zero-order valence-electron chi connectivity index (χ0n) is 7.67. The van der Waals surface area contributed by atoms with Gasteiger partial charge in [0, 0.05) is 18.8 Å². The highest BCUT2D eigenvalue weighted by Gasteiger charge is 1.96. The molecule has 4 nitrogen and oxygen atoms in total. The first-order chi connectivity index (χ1) is 6.95. The Morgan fingerprint density at radius 1 is 0.857 bits per heavy atom. The van der Waals surface area contributed by atoms with Gasteiger partial charge < -0.3 is 0 Å². The molecule has 0 fully saturated rings. The number of aryl methyl sites for hydroxylation is 2. The van der Waals surface area contributed by atoms with Crippen LogP contribution in [0.2, 0.25) is 0 Å². The van der Waals surface area contributed by atoms with E-state index in [1.165, 1.54) is 18.2 Å². The number of aromatic nitrogens is 4. The van der Waals surface area contributed by atoms with Crippen molar-refractivity contribution in [2.75, 3.05) is 0 Å². The Hall–Kier alpha value is -1.84. The van der Waals surface area contributed by atoms with Crippen LogP contribution in [0.3, 0.4) is 0 Å². The SMILES string of the molecule is c1cc(CCc2ncncn2)ccn1. The van der Waals surface area contributed by atoms with Crippen molar-refractivity contribution in [3.63, 3.8) is 0 Å². The van der Waals surface area contributed by atoms with Gasteiger partial charge in [-0.25, -0.2) is 15.0 Å². The molecule has 0 aliphatic rings. The van der Waals surface area contributed by atoms with Crippen molar-refractivity contribution in [2.45, 2.75) is 12.8 Å². The molecule has 0 N–H and O–H groups in total. The second-order valence-corrected chi connectivity index (χ2v) is 2.91. The van der Waals surface area contributed by atoms with Gasteiger partial charge in [-0.2, -0.15) is 0 Å². The molecule has 0 aliphatic carbocycles. The molecule has 0 radical (unpaired) electrons. The molecule has 2 heterocycles. The summed E-state index contributed by atoms with van der Waals surface area (Å²) in [7, 11) is 0. The van der Waals surface area contributed by atoms with Crippen LogP contribution in [-0.4, -0.2) is 19.9 Å². The predicted molar refractivity (Wildman–Crippen MR) is 51.5 cm³/mol. The summed E-state index contributed by atoms with van der Waals surface area (Å²) < 4.78 is 0. The van der Waals surface area contributed by atoms with Crippen molar-refractivity contribution >= 4 is 0 Å². The van der Waals surface area contributed by atoms with E-state index in [4.69, 9.17) is 0 Å². The average molecular weight is 186 g/mol. The molecule has 0 unspecified atom stereocenters. The Labute approximate surface area is 82.1 Å². The zero-order chi connectivity index (χ0) is 9.64. The molecule has 2 rings (SSSR count). The lowest BCUT2D eigenvalue weighted by molar-refractivity contribution is 0.834. The number of hydrogen-bond donors (Lipinski definition) is 0. The number of hydrogen-bond acceptors (Lipinski definition) is 4. The zero-order valence-corrected chi connectivity index (χ0v) is 7.67.